The van der Waals surface area contributed by atoms with Gasteiger partial charge >= 0.3 is 0 Å². The third-order valence-electron chi connectivity index (χ3n) is 6.59. The number of aromatic nitrogens is 1. The molecule has 3 heteroatoms. The summed E-state index contributed by atoms with van der Waals surface area (Å²) in [5, 5.41) is 0. The molecule has 0 radical (unpaired) electrons. The molecular weight excluding hydrogens is 531 g/mol. The van der Waals surface area contributed by atoms with Gasteiger partial charge in [-0.25, -0.2) is 0 Å². The zero-order valence-electron chi connectivity index (χ0n) is 28.5. The Balaban J connectivity index is 0. The van der Waals surface area contributed by atoms with Gasteiger partial charge in [0, 0.05) is 23.0 Å². The van der Waals surface area contributed by atoms with Crippen LogP contribution in [-0.2, 0) is 17.2 Å². The van der Waals surface area contributed by atoms with Crippen molar-refractivity contribution in [3.63, 3.8) is 0 Å². The average molecular weight is 592 g/mol. The van der Waals surface area contributed by atoms with E-state index in [2.05, 4.69) is 85.3 Å². The molecule has 2 unspecified atom stereocenters. The van der Waals surface area contributed by atoms with Crippen LogP contribution < -0.4 is 0 Å². The molecule has 0 N–H and O–H groups in total. The third kappa shape index (κ3) is 21.9. The Labute approximate surface area is 263 Å². The predicted octanol–water partition coefficient (Wildman–Crippen LogP) is 12.0. The molecule has 0 aliphatic heterocycles. The molecule has 1 aromatic carbocycles. The Morgan fingerprint density at radius 2 is 1.57 bits per heavy atom. The van der Waals surface area contributed by atoms with Gasteiger partial charge in [-0.1, -0.05) is 118 Å². The summed E-state index contributed by atoms with van der Waals surface area (Å²) in [7, 11) is -0.918. The van der Waals surface area contributed by atoms with Crippen LogP contribution in [0.3, 0.4) is 0 Å². The van der Waals surface area contributed by atoms with Crippen molar-refractivity contribution in [2.45, 2.75) is 112 Å². The fourth-order valence-electron chi connectivity index (χ4n) is 3.81. The molecule has 2 rings (SSSR count). The Bertz CT molecular complexity index is 1070. The molecule has 2 aromatic rings. The highest BCUT2D eigenvalue weighted by Gasteiger charge is 2.11. The van der Waals surface area contributed by atoms with Crippen LogP contribution in [0.25, 0.3) is 0 Å². The van der Waals surface area contributed by atoms with Crippen molar-refractivity contribution in [1.29, 1.82) is 0 Å². The monoisotopic (exact) mass is 591 g/mol. The van der Waals surface area contributed by atoms with Gasteiger partial charge in [0.1, 0.15) is 0 Å². The minimum atomic E-state index is -0.918. The van der Waals surface area contributed by atoms with Crippen molar-refractivity contribution < 1.29 is 4.21 Å². The van der Waals surface area contributed by atoms with Crippen molar-refractivity contribution in [2.24, 2.45) is 5.92 Å². The third-order valence-corrected chi connectivity index (χ3v) is 7.96. The average Bonchev–Trinajstić information content (AvgIpc) is 3.01. The summed E-state index contributed by atoms with van der Waals surface area (Å²) in [4.78, 5) is 4.87. The van der Waals surface area contributed by atoms with Crippen LogP contribution in [0.1, 0.15) is 106 Å². The van der Waals surface area contributed by atoms with Crippen LogP contribution in [-0.4, -0.2) is 14.9 Å². The van der Waals surface area contributed by atoms with Gasteiger partial charge in [-0.05, 0) is 103 Å². The number of benzene rings is 1. The highest BCUT2D eigenvalue weighted by atomic mass is 32.2. The Morgan fingerprint density at radius 3 is 2.00 bits per heavy atom. The summed E-state index contributed by atoms with van der Waals surface area (Å²) < 4.78 is 12.3. The molecule has 42 heavy (non-hydrogen) atoms. The van der Waals surface area contributed by atoms with E-state index >= 15 is 0 Å². The Morgan fingerprint density at radius 1 is 0.929 bits per heavy atom. The molecule has 0 saturated carbocycles. The maximum absolute atomic E-state index is 12.3. The topological polar surface area (TPSA) is 30.0 Å². The molecule has 0 amide bonds. The van der Waals surface area contributed by atoms with Gasteiger partial charge in [0.05, 0.1) is 10.8 Å². The van der Waals surface area contributed by atoms with Crippen LogP contribution in [0.2, 0.25) is 0 Å². The van der Waals surface area contributed by atoms with Gasteiger partial charge < -0.3 is 0 Å². The zero-order valence-corrected chi connectivity index (χ0v) is 29.3. The first kappa shape index (κ1) is 41.4. The summed E-state index contributed by atoms with van der Waals surface area (Å²) in [5.41, 5.74) is 7.71. The van der Waals surface area contributed by atoms with Gasteiger partial charge in [0.15, 0.2) is 0 Å². The molecule has 0 aliphatic rings. The maximum atomic E-state index is 12.3. The molecule has 1 heterocycles. The van der Waals surface area contributed by atoms with E-state index in [4.69, 9.17) is 0 Å². The van der Waals surface area contributed by atoms with E-state index in [-0.39, 0.29) is 0 Å². The first-order chi connectivity index (χ1) is 20.0. The summed E-state index contributed by atoms with van der Waals surface area (Å²) >= 11 is 0. The van der Waals surface area contributed by atoms with Crippen molar-refractivity contribution in [3.8, 4) is 0 Å². The van der Waals surface area contributed by atoms with Crippen LogP contribution >= 0.6 is 0 Å². The van der Waals surface area contributed by atoms with Gasteiger partial charge in [-0.3, -0.25) is 9.19 Å². The Hall–Kier alpha value is -2.78. The molecule has 2 atom stereocenters. The lowest BCUT2D eigenvalue weighted by atomic mass is 9.88. The first-order valence-electron chi connectivity index (χ1n) is 15.6. The van der Waals surface area contributed by atoms with E-state index in [9.17, 15) is 4.21 Å². The molecule has 1 aromatic heterocycles. The largest absolute Gasteiger partial charge is 0.264 e. The predicted molar refractivity (Wildman–Crippen MR) is 192 cm³/mol. The summed E-state index contributed by atoms with van der Waals surface area (Å²) in [5.74, 6) is 1.25. The molecule has 2 nitrogen and oxygen atoms in total. The number of aryl methyl sites for hydroxylation is 1. The fraction of sp³-hybridized carbons (Fsp3) is 0.462. The number of rotatable bonds is 14. The van der Waals surface area contributed by atoms with Crippen molar-refractivity contribution in [3.05, 3.63) is 120 Å². The first-order valence-corrected chi connectivity index (χ1v) is 17.0. The van der Waals surface area contributed by atoms with E-state index in [1.807, 2.05) is 62.5 Å². The minimum absolute atomic E-state index is 0.575. The quantitative estimate of drug-likeness (QED) is 0.161. The van der Waals surface area contributed by atoms with Crippen molar-refractivity contribution in [2.75, 3.05) is 5.75 Å². The summed E-state index contributed by atoms with van der Waals surface area (Å²) in [6.45, 7) is 30.9. The van der Waals surface area contributed by atoms with Crippen LogP contribution in [0, 0.1) is 5.92 Å². The number of nitrogens with zero attached hydrogens (tertiary/aromatic N) is 1. The maximum Gasteiger partial charge on any atom is 0.0532 e. The van der Waals surface area contributed by atoms with Gasteiger partial charge in [0.25, 0.3) is 0 Å². The lowest BCUT2D eigenvalue weighted by Crippen LogP contribution is -2.03. The standard InChI is InChI=1S/C23H34OS.C7H9N.C7H12.C2H6/c1-6-11-22(21(5)18-19(2)3)13-10-12-20(4)16-17-25(24)23-14-8-7-9-15-23;1-2-7-4-3-5-8-6-7;1-5-7(4)6(2)3;1-2/h7-9,14-15,18,22H,4-6,10-13,16-17H2,1-3H3;3-6H,2H2,1H3;5H,1H2,2-4H3;1-2H3. The van der Waals surface area contributed by atoms with E-state index in [0.717, 1.165) is 37.0 Å². The van der Waals surface area contributed by atoms with Crippen LogP contribution in [0.4, 0.5) is 0 Å². The minimum Gasteiger partial charge on any atom is -0.264 e. The van der Waals surface area contributed by atoms with Crippen molar-refractivity contribution >= 4 is 10.8 Å². The molecule has 234 valence electrons. The number of hydrogen-bond acceptors (Lipinski definition) is 2. The molecule has 0 bridgehead atoms. The van der Waals surface area contributed by atoms with Crippen LogP contribution in [0.5, 0.6) is 0 Å². The second-order valence-electron chi connectivity index (χ2n) is 10.6. The van der Waals surface area contributed by atoms with E-state index in [0.29, 0.717) is 11.7 Å². The molecule has 0 saturated heterocycles. The molecule has 0 aliphatic carbocycles. The smallest absolute Gasteiger partial charge is 0.0532 e. The van der Waals surface area contributed by atoms with Crippen LogP contribution in [0.15, 0.2) is 120 Å². The van der Waals surface area contributed by atoms with Gasteiger partial charge in [-0.15, -0.1) is 0 Å². The Kier molecular flexibility index (Phi) is 26.7. The lowest BCUT2D eigenvalue weighted by Gasteiger charge is -2.17. The van der Waals surface area contributed by atoms with Gasteiger partial charge in [0.2, 0.25) is 0 Å². The number of allylic oxidation sites excluding steroid dienone is 7. The van der Waals surface area contributed by atoms with E-state index < -0.39 is 10.8 Å². The molecule has 0 fully saturated rings. The molecule has 0 spiro atoms. The van der Waals surface area contributed by atoms with E-state index in [1.165, 1.54) is 46.3 Å². The summed E-state index contributed by atoms with van der Waals surface area (Å²) in [6.07, 6.45) is 15.4. The summed E-state index contributed by atoms with van der Waals surface area (Å²) in [6, 6.07) is 13.7. The van der Waals surface area contributed by atoms with Gasteiger partial charge in [-0.2, -0.15) is 0 Å². The fourth-order valence-corrected chi connectivity index (χ4v) is 4.98. The van der Waals surface area contributed by atoms with Crippen molar-refractivity contribution in [1.82, 2.24) is 4.98 Å². The SMILES string of the molecule is C=C(CCCC(CCC)C(=C)C=C(C)C)CCS(=O)c1ccccc1.C=CC(C)=C(C)C.CC.CCc1cccnc1. The number of pyridine rings is 1. The number of hydrogen-bond donors (Lipinski definition) is 0. The normalized spacial score (nSPS) is 11.0. The molecular formula is C39H61NOS. The zero-order chi connectivity index (χ0) is 32.3. The second kappa shape index (κ2) is 27.1. The highest BCUT2D eigenvalue weighted by Crippen LogP contribution is 2.25. The lowest BCUT2D eigenvalue weighted by molar-refractivity contribution is 0.499. The van der Waals surface area contributed by atoms with E-state index in [1.54, 1.807) is 6.20 Å². The highest BCUT2D eigenvalue weighted by molar-refractivity contribution is 7.85. The second-order valence-corrected chi connectivity index (χ2v) is 12.2.